The fourth-order valence-corrected chi connectivity index (χ4v) is 3.76. The van der Waals surface area contributed by atoms with Gasteiger partial charge >= 0.3 is 6.03 Å². The third-order valence-electron chi connectivity index (χ3n) is 5.99. The first-order chi connectivity index (χ1) is 10.7. The van der Waals surface area contributed by atoms with Gasteiger partial charge in [-0.2, -0.15) is 0 Å². The van der Waals surface area contributed by atoms with Crippen molar-refractivity contribution in [1.29, 1.82) is 0 Å². The highest BCUT2D eigenvalue weighted by Crippen LogP contribution is 2.53. The lowest BCUT2D eigenvalue weighted by molar-refractivity contribution is -0.207. The minimum atomic E-state index is -0.540. The number of carbonyl (C=O) groups is 2. The molecule has 7 nitrogen and oxygen atoms in total. The Labute approximate surface area is 136 Å². The number of amides is 2. The zero-order valence-corrected chi connectivity index (χ0v) is 14.3. The highest BCUT2D eigenvalue weighted by molar-refractivity contribution is 5.90. The molecule has 1 N–H and O–H groups in total. The number of ether oxygens (including phenoxy) is 1. The van der Waals surface area contributed by atoms with Crippen molar-refractivity contribution >= 4 is 11.9 Å². The largest absolute Gasteiger partial charge is 0.378 e. The van der Waals surface area contributed by atoms with Crippen LogP contribution in [0, 0.1) is 5.41 Å². The Morgan fingerprint density at radius 2 is 2.17 bits per heavy atom. The number of imidazole rings is 1. The lowest BCUT2D eigenvalue weighted by Crippen LogP contribution is -2.70. The monoisotopic (exact) mass is 320 g/mol. The summed E-state index contributed by atoms with van der Waals surface area (Å²) in [5.41, 5.74) is 0.378. The first kappa shape index (κ1) is 16.0. The van der Waals surface area contributed by atoms with E-state index in [0.29, 0.717) is 6.42 Å². The number of rotatable bonds is 3. The van der Waals surface area contributed by atoms with Crippen molar-refractivity contribution in [2.24, 2.45) is 5.41 Å². The topological polar surface area (TPSA) is 76.5 Å². The average Bonchev–Trinajstić information content (AvgIpc) is 2.99. The summed E-state index contributed by atoms with van der Waals surface area (Å²) < 4.78 is 7.07. The van der Waals surface area contributed by atoms with Gasteiger partial charge in [-0.1, -0.05) is 13.8 Å². The maximum atomic E-state index is 12.8. The first-order valence-corrected chi connectivity index (χ1v) is 7.85. The number of methoxy groups -OCH3 is 1. The van der Waals surface area contributed by atoms with Crippen molar-refractivity contribution in [1.82, 2.24) is 19.8 Å². The summed E-state index contributed by atoms with van der Waals surface area (Å²) >= 11 is 0. The molecule has 2 unspecified atom stereocenters. The van der Waals surface area contributed by atoms with Crippen molar-refractivity contribution in [3.05, 3.63) is 18.2 Å². The van der Waals surface area contributed by atoms with Gasteiger partial charge in [0, 0.05) is 43.9 Å². The van der Waals surface area contributed by atoms with E-state index in [1.807, 2.05) is 7.05 Å². The molecule has 1 aromatic rings. The molecule has 0 spiro atoms. The molecular formula is C16H24N4O3. The zero-order chi connectivity index (χ0) is 17.0. The summed E-state index contributed by atoms with van der Waals surface area (Å²) in [5.74, 6) is -0.0676. The lowest BCUT2D eigenvalue weighted by atomic mass is 9.55. The second-order valence-electron chi connectivity index (χ2n) is 7.29. The van der Waals surface area contributed by atoms with Crippen molar-refractivity contribution in [2.45, 2.75) is 51.3 Å². The summed E-state index contributed by atoms with van der Waals surface area (Å²) in [6.07, 6.45) is 4.35. The minimum Gasteiger partial charge on any atom is -0.378 e. The van der Waals surface area contributed by atoms with Crippen LogP contribution >= 0.6 is 0 Å². The molecule has 2 amide bonds. The van der Waals surface area contributed by atoms with E-state index in [0.717, 1.165) is 12.1 Å². The average molecular weight is 320 g/mol. The molecule has 1 fully saturated rings. The predicted octanol–water partition coefficient (Wildman–Crippen LogP) is 1.03. The van der Waals surface area contributed by atoms with Crippen LogP contribution in [0.4, 0.5) is 4.79 Å². The van der Waals surface area contributed by atoms with Gasteiger partial charge in [-0.05, 0) is 13.3 Å². The van der Waals surface area contributed by atoms with Crippen molar-refractivity contribution in [3.8, 4) is 0 Å². The number of nitrogens with one attached hydrogen (secondary N) is 1. The minimum absolute atomic E-state index is 0.0676. The predicted molar refractivity (Wildman–Crippen MR) is 84.0 cm³/mol. The van der Waals surface area contributed by atoms with Gasteiger partial charge in [0.2, 0.25) is 5.91 Å². The normalized spacial score (nSPS) is 31.8. The summed E-state index contributed by atoms with van der Waals surface area (Å²) in [6, 6.07) is -0.754. The maximum absolute atomic E-state index is 12.8. The van der Waals surface area contributed by atoms with Crippen LogP contribution in [0.15, 0.2) is 12.5 Å². The molecule has 0 saturated heterocycles. The molecule has 1 aromatic heterocycles. The molecule has 3 atom stereocenters. The van der Waals surface area contributed by atoms with E-state index in [4.69, 9.17) is 4.74 Å². The second kappa shape index (κ2) is 5.06. The number of hydrogen-bond acceptors (Lipinski definition) is 4. The maximum Gasteiger partial charge on any atom is 0.327 e. The molecule has 0 bridgehead atoms. The zero-order valence-electron chi connectivity index (χ0n) is 14.3. The Morgan fingerprint density at radius 1 is 1.48 bits per heavy atom. The van der Waals surface area contributed by atoms with E-state index >= 15 is 0 Å². The second-order valence-corrected chi connectivity index (χ2v) is 7.29. The molecule has 0 radical (unpaired) electrons. The summed E-state index contributed by atoms with van der Waals surface area (Å²) in [7, 11) is 3.52. The van der Waals surface area contributed by atoms with Gasteiger partial charge in [0.05, 0.1) is 5.60 Å². The highest BCUT2D eigenvalue weighted by Gasteiger charge is 2.60. The first-order valence-electron chi connectivity index (χ1n) is 7.85. The third kappa shape index (κ3) is 2.17. The van der Waals surface area contributed by atoms with Crippen LogP contribution in [-0.2, 0) is 16.0 Å². The Kier molecular flexibility index (Phi) is 3.51. The lowest BCUT2D eigenvalue weighted by Gasteiger charge is -2.61. The van der Waals surface area contributed by atoms with E-state index in [9.17, 15) is 9.59 Å². The molecule has 3 rings (SSSR count). The molecular weight excluding hydrogens is 296 g/mol. The van der Waals surface area contributed by atoms with Crippen molar-refractivity contribution in [2.75, 3.05) is 14.2 Å². The van der Waals surface area contributed by atoms with Crippen LogP contribution in [-0.4, -0.2) is 58.2 Å². The Bertz CT molecular complexity index is 654. The van der Waals surface area contributed by atoms with Crippen LogP contribution in [0.3, 0.4) is 0 Å². The van der Waals surface area contributed by atoms with Crippen LogP contribution < -0.4 is 5.32 Å². The smallest absolute Gasteiger partial charge is 0.327 e. The van der Waals surface area contributed by atoms with Crippen LogP contribution in [0.2, 0.25) is 0 Å². The molecule has 0 aromatic carbocycles. The number of likely N-dealkylation sites (N-methyl/N-ethyl adjacent to an activating group) is 1. The van der Waals surface area contributed by atoms with Gasteiger partial charge in [0.15, 0.2) is 0 Å². The number of aromatic nitrogens is 2. The number of nitrogens with zero attached hydrogens (tertiary/aromatic N) is 3. The molecule has 126 valence electrons. The van der Waals surface area contributed by atoms with Crippen LogP contribution in [0.1, 0.15) is 32.9 Å². The molecule has 2 heterocycles. The molecule has 23 heavy (non-hydrogen) atoms. The number of carbonyl (C=O) groups excluding carboxylic acids is 2. The molecule has 1 aliphatic heterocycles. The van der Waals surface area contributed by atoms with Crippen molar-refractivity contribution < 1.29 is 14.3 Å². The van der Waals surface area contributed by atoms with Gasteiger partial charge < -0.3 is 15.0 Å². The van der Waals surface area contributed by atoms with Crippen molar-refractivity contribution in [3.63, 3.8) is 0 Å². The fourth-order valence-electron chi connectivity index (χ4n) is 3.76. The van der Waals surface area contributed by atoms with Crippen LogP contribution in [0.5, 0.6) is 0 Å². The van der Waals surface area contributed by atoms with E-state index in [1.54, 1.807) is 18.2 Å². The third-order valence-corrected chi connectivity index (χ3v) is 5.99. The summed E-state index contributed by atoms with van der Waals surface area (Å²) in [5, 5.41) is 2.77. The highest BCUT2D eigenvalue weighted by atomic mass is 16.5. The van der Waals surface area contributed by atoms with Gasteiger partial charge in [-0.15, -0.1) is 0 Å². The fraction of sp³-hybridized carbons (Fsp3) is 0.688. The number of hydrogen-bond donors (Lipinski definition) is 1. The SMILES string of the molecule is COC1(C)CC(N(C)C(=O)[C@@H]2Cc3cncn3C(=O)N2)C1(C)C. The Balaban J connectivity index is 1.74. The molecule has 1 aliphatic carbocycles. The standard InChI is InChI=1S/C16H24N4O3/c1-15(2)12(7-16(15,3)23-5)19(4)13(21)11-6-10-8-17-9-20(10)14(22)18-11/h8-9,11-12H,6-7H2,1-5H3,(H,18,22)/t11-,12?,16?/m0/s1. The quantitative estimate of drug-likeness (QED) is 0.902. The summed E-state index contributed by atoms with van der Waals surface area (Å²) in [6.45, 7) is 6.30. The van der Waals surface area contributed by atoms with E-state index in [2.05, 4.69) is 31.1 Å². The van der Waals surface area contributed by atoms with Gasteiger partial charge in [0.1, 0.15) is 12.4 Å². The van der Waals surface area contributed by atoms with Gasteiger partial charge in [0.25, 0.3) is 0 Å². The summed E-state index contributed by atoms with van der Waals surface area (Å²) in [4.78, 5) is 30.6. The molecule has 2 aliphatic rings. The van der Waals surface area contributed by atoms with Gasteiger partial charge in [-0.25, -0.2) is 9.78 Å². The van der Waals surface area contributed by atoms with Crippen LogP contribution in [0.25, 0.3) is 0 Å². The Morgan fingerprint density at radius 3 is 2.78 bits per heavy atom. The van der Waals surface area contributed by atoms with E-state index in [-0.39, 0.29) is 29.0 Å². The Hall–Kier alpha value is -1.89. The van der Waals surface area contributed by atoms with E-state index in [1.165, 1.54) is 10.9 Å². The number of fused-ring (bicyclic) bond motifs is 1. The molecule has 1 saturated carbocycles. The molecule has 7 heteroatoms. The van der Waals surface area contributed by atoms with Gasteiger partial charge in [-0.3, -0.25) is 9.36 Å². The van der Waals surface area contributed by atoms with E-state index < -0.39 is 6.04 Å².